The zero-order valence-corrected chi connectivity index (χ0v) is 14.9. The van der Waals surface area contributed by atoms with E-state index in [9.17, 15) is 18.8 Å². The molecule has 0 radical (unpaired) electrons. The number of hydrogen-bond donors (Lipinski definition) is 7. The van der Waals surface area contributed by atoms with Gasteiger partial charge >= 0.3 is 23.5 Å². The van der Waals surface area contributed by atoms with Gasteiger partial charge in [0.1, 0.15) is 18.3 Å². The largest absolute Gasteiger partial charge is 0.470 e. The van der Waals surface area contributed by atoms with Crippen LogP contribution in [0.4, 0.5) is 0 Å². The average Bonchev–Trinajstić information content (AvgIpc) is 2.37. The van der Waals surface area contributed by atoms with Gasteiger partial charge in [0.05, 0.1) is 19.8 Å². The van der Waals surface area contributed by atoms with Gasteiger partial charge in [-0.1, -0.05) is 0 Å². The molecule has 7 N–H and O–H groups in total. The summed E-state index contributed by atoms with van der Waals surface area (Å²) in [5, 5.41) is 9.97. The molecule has 1 heterocycles. The van der Waals surface area contributed by atoms with E-state index in [-0.39, 0.29) is 0 Å². The van der Waals surface area contributed by atoms with Crippen LogP contribution in [-0.2, 0) is 36.7 Å². The molecule has 15 nitrogen and oxygen atoms in total. The second-order valence-corrected chi connectivity index (χ2v) is 8.21. The average molecular weight is 434 g/mol. The maximum atomic E-state index is 11.0. The van der Waals surface area contributed by atoms with Crippen molar-refractivity contribution in [1.82, 2.24) is 0 Å². The summed E-state index contributed by atoms with van der Waals surface area (Å²) < 4.78 is 54.7. The van der Waals surface area contributed by atoms with Crippen LogP contribution in [0.1, 0.15) is 0 Å². The van der Waals surface area contributed by atoms with Crippen molar-refractivity contribution in [1.29, 1.82) is 0 Å². The lowest BCUT2D eigenvalue weighted by Gasteiger charge is -2.38. The number of rotatable bonds is 9. The van der Waals surface area contributed by atoms with Gasteiger partial charge in [0.25, 0.3) is 0 Å². The summed E-state index contributed by atoms with van der Waals surface area (Å²) >= 11 is 0. The highest BCUT2D eigenvalue weighted by molar-refractivity contribution is 7.46. The van der Waals surface area contributed by atoms with Crippen LogP contribution in [0, 0.1) is 0 Å². The van der Waals surface area contributed by atoms with E-state index in [0.717, 1.165) is 0 Å². The van der Waals surface area contributed by atoms with Gasteiger partial charge < -0.3 is 43.9 Å². The molecule has 25 heavy (non-hydrogen) atoms. The molecule has 1 aliphatic heterocycles. The first-order valence-corrected chi connectivity index (χ1v) is 10.9. The van der Waals surface area contributed by atoms with Crippen LogP contribution in [0.3, 0.4) is 0 Å². The minimum absolute atomic E-state index is 0.501. The Balaban J connectivity index is 2.72. The first kappa shape index (κ1) is 23.2. The fourth-order valence-corrected chi connectivity index (χ4v) is 3.20. The van der Waals surface area contributed by atoms with E-state index in [1.807, 2.05) is 0 Å². The number of aliphatic hydroxyl groups is 1. The van der Waals surface area contributed by atoms with Crippen molar-refractivity contribution in [3.8, 4) is 0 Å². The fourth-order valence-electron chi connectivity index (χ4n) is 1.78. The smallest absolute Gasteiger partial charge is 0.385 e. The molecule has 0 amide bonds. The highest BCUT2D eigenvalue weighted by atomic mass is 31.2. The molecule has 0 aromatic carbocycles. The zero-order chi connectivity index (χ0) is 19.5. The van der Waals surface area contributed by atoms with Gasteiger partial charge in [-0.2, -0.15) is 0 Å². The normalized spacial score (nSPS) is 28.9. The maximum Gasteiger partial charge on any atom is 0.470 e. The second-order valence-electron chi connectivity index (χ2n) is 4.58. The zero-order valence-electron chi connectivity index (χ0n) is 12.2. The van der Waals surface area contributed by atoms with Crippen LogP contribution in [0.2, 0.25) is 0 Å². The van der Waals surface area contributed by atoms with Crippen molar-refractivity contribution < 1.29 is 71.2 Å². The van der Waals surface area contributed by atoms with Gasteiger partial charge in [-0.25, -0.2) is 13.7 Å². The molecule has 0 unspecified atom stereocenters. The summed E-state index contributed by atoms with van der Waals surface area (Å²) in [4.78, 5) is 52.2. The van der Waals surface area contributed by atoms with Crippen LogP contribution in [0.25, 0.3) is 0 Å². The number of aliphatic hydroxyl groups excluding tert-OH is 1. The Bertz CT molecular complexity index is 559. The predicted octanol–water partition coefficient (Wildman–Crippen LogP) is -2.21. The van der Waals surface area contributed by atoms with E-state index in [0.29, 0.717) is 0 Å². The third kappa shape index (κ3) is 9.63. The second kappa shape index (κ2) is 8.93. The van der Waals surface area contributed by atoms with Gasteiger partial charge in [-0.15, -0.1) is 0 Å². The van der Waals surface area contributed by atoms with Crippen LogP contribution in [-0.4, -0.2) is 78.9 Å². The van der Waals surface area contributed by atoms with Crippen molar-refractivity contribution >= 4 is 23.5 Å². The molecule has 1 fully saturated rings. The molecule has 0 aromatic rings. The van der Waals surface area contributed by atoms with Crippen LogP contribution < -0.4 is 0 Å². The Labute approximate surface area is 140 Å². The number of phosphoric ester groups is 3. The molecule has 18 heteroatoms. The molecule has 1 saturated heterocycles. The van der Waals surface area contributed by atoms with Crippen molar-refractivity contribution in [3.05, 3.63) is 0 Å². The van der Waals surface area contributed by atoms with Gasteiger partial charge in [0.15, 0.2) is 6.29 Å². The van der Waals surface area contributed by atoms with Crippen molar-refractivity contribution in [2.75, 3.05) is 19.8 Å². The molecule has 1 aliphatic rings. The summed E-state index contributed by atoms with van der Waals surface area (Å²) in [7, 11) is -15.0. The standard InChI is InChI=1S/C7H17O15P3/c8-5-6(22-25(15,16)17)4(21-24(12,13)14)3-19-7(5)18-1-2-20-23(9,10)11/h4-8H,1-3H2,(H2,9,10,11)(H2,12,13,14)(H2,15,16,17)/t4-,5-,6+,7+/m1/s1. The maximum absolute atomic E-state index is 11.0. The van der Waals surface area contributed by atoms with Crippen LogP contribution in [0.5, 0.6) is 0 Å². The number of hydrogen-bond acceptors (Lipinski definition) is 9. The summed E-state index contributed by atoms with van der Waals surface area (Å²) in [6.45, 7) is -1.79. The molecule has 150 valence electrons. The van der Waals surface area contributed by atoms with E-state index in [2.05, 4.69) is 13.6 Å². The van der Waals surface area contributed by atoms with Gasteiger partial charge in [0, 0.05) is 0 Å². The van der Waals surface area contributed by atoms with Crippen LogP contribution in [0.15, 0.2) is 0 Å². The topological polar surface area (TPSA) is 239 Å². The van der Waals surface area contributed by atoms with E-state index in [4.69, 9.17) is 38.8 Å². The summed E-state index contributed by atoms with van der Waals surface area (Å²) in [5.41, 5.74) is 0. The van der Waals surface area contributed by atoms with E-state index in [1.54, 1.807) is 0 Å². The van der Waals surface area contributed by atoms with Crippen molar-refractivity contribution in [2.24, 2.45) is 0 Å². The van der Waals surface area contributed by atoms with E-state index in [1.165, 1.54) is 0 Å². The fraction of sp³-hybridized carbons (Fsp3) is 1.00. The van der Waals surface area contributed by atoms with Gasteiger partial charge in [0.2, 0.25) is 0 Å². The molecule has 0 aliphatic carbocycles. The summed E-state index contributed by atoms with van der Waals surface area (Å²) in [5.74, 6) is 0. The Morgan fingerprint density at radius 3 is 1.92 bits per heavy atom. The van der Waals surface area contributed by atoms with Crippen LogP contribution >= 0.6 is 23.5 Å². The van der Waals surface area contributed by atoms with Gasteiger partial charge in [-0.3, -0.25) is 13.6 Å². The number of ether oxygens (including phenoxy) is 2. The molecule has 0 saturated carbocycles. The number of phosphoric acid groups is 3. The first-order chi connectivity index (χ1) is 11.2. The molecular weight excluding hydrogens is 417 g/mol. The third-order valence-electron chi connectivity index (χ3n) is 2.56. The Hall–Kier alpha value is 0.210. The molecule has 0 aromatic heterocycles. The molecule has 0 bridgehead atoms. The SMILES string of the molecule is O=P(O)(O)OCCO[C@H]1OC[C@@H](OP(=O)(O)O)[C@H](OP(=O)(O)O)[C@H]1O. The Kier molecular flexibility index (Phi) is 8.31. The first-order valence-electron chi connectivity index (χ1n) is 6.27. The molecule has 0 spiro atoms. The highest BCUT2D eigenvalue weighted by Gasteiger charge is 2.47. The lowest BCUT2D eigenvalue weighted by atomic mass is 10.1. The minimum atomic E-state index is -5.19. The van der Waals surface area contributed by atoms with E-state index < -0.39 is 67.9 Å². The molecular formula is C7H17O15P3. The predicted molar refractivity (Wildman–Crippen MR) is 73.5 cm³/mol. The third-order valence-corrected chi connectivity index (χ3v) is 4.15. The van der Waals surface area contributed by atoms with Crippen molar-refractivity contribution in [3.63, 3.8) is 0 Å². The monoisotopic (exact) mass is 434 g/mol. The highest BCUT2D eigenvalue weighted by Crippen LogP contribution is 2.45. The lowest BCUT2D eigenvalue weighted by Crippen LogP contribution is -2.55. The summed E-state index contributed by atoms with van der Waals surface area (Å²) in [6.07, 6.45) is -7.24. The lowest BCUT2D eigenvalue weighted by molar-refractivity contribution is -0.265. The molecule has 4 atom stereocenters. The Morgan fingerprint density at radius 2 is 1.44 bits per heavy atom. The van der Waals surface area contributed by atoms with Gasteiger partial charge in [-0.05, 0) is 0 Å². The van der Waals surface area contributed by atoms with Crippen molar-refractivity contribution in [2.45, 2.75) is 24.6 Å². The molecule has 1 rings (SSSR count). The summed E-state index contributed by atoms with van der Waals surface area (Å²) in [6, 6.07) is 0. The minimum Gasteiger partial charge on any atom is -0.385 e. The Morgan fingerprint density at radius 1 is 0.880 bits per heavy atom. The quantitative estimate of drug-likeness (QED) is 0.150. The van der Waals surface area contributed by atoms with E-state index >= 15 is 0 Å².